The molecule has 0 saturated carbocycles. The maximum atomic E-state index is 10.7. The summed E-state index contributed by atoms with van der Waals surface area (Å²) in [5.74, 6) is 0.533. The molecule has 188 valence electrons. The van der Waals surface area contributed by atoms with Gasteiger partial charge in [0.15, 0.2) is 6.29 Å². The van der Waals surface area contributed by atoms with Crippen molar-refractivity contribution < 1.29 is 4.79 Å². The number of carbonyl (C=O) groups excluding carboxylic acids is 1. The van der Waals surface area contributed by atoms with Gasteiger partial charge in [0.05, 0.1) is 11.2 Å². The zero-order valence-corrected chi connectivity index (χ0v) is 22.1. The number of anilines is 1. The molecule has 3 N–H and O–H groups in total. The van der Waals surface area contributed by atoms with E-state index in [4.69, 9.17) is 17.3 Å². The summed E-state index contributed by atoms with van der Waals surface area (Å²) in [4.78, 5) is 18.8. The highest BCUT2D eigenvalue weighted by atomic mass is 35.5. The number of nitrogens with zero attached hydrogens (tertiary/aromatic N) is 3. The molecular weight excluding hydrogens is 470 g/mol. The van der Waals surface area contributed by atoms with Crippen molar-refractivity contribution in [2.24, 2.45) is 0 Å². The Morgan fingerprint density at radius 3 is 2.56 bits per heavy atom. The van der Waals surface area contributed by atoms with Crippen LogP contribution in [0, 0.1) is 0 Å². The van der Waals surface area contributed by atoms with Gasteiger partial charge in [-0.2, -0.15) is 0 Å². The Hall–Kier alpha value is -3.74. The van der Waals surface area contributed by atoms with Gasteiger partial charge >= 0.3 is 0 Å². The number of aryl methyl sites for hydroxylation is 1. The predicted molar refractivity (Wildman–Crippen MR) is 153 cm³/mol. The average molecular weight is 504 g/mol. The molecule has 0 bridgehead atoms. The topological polar surface area (TPSA) is 85.8 Å². The summed E-state index contributed by atoms with van der Waals surface area (Å²) in [6, 6.07) is 16.0. The maximum Gasteiger partial charge on any atom is 0.166 e. The first kappa shape index (κ1) is 28.5. The zero-order valence-electron chi connectivity index (χ0n) is 21.3. The van der Waals surface area contributed by atoms with Gasteiger partial charge in [-0.1, -0.05) is 60.2 Å². The summed E-state index contributed by atoms with van der Waals surface area (Å²) in [5.41, 5.74) is 10.9. The third-order valence-electron chi connectivity index (χ3n) is 5.37. The highest BCUT2D eigenvalue weighted by molar-refractivity contribution is 6.30. The second-order valence-corrected chi connectivity index (χ2v) is 8.43. The Bertz CT molecular complexity index is 1370. The number of nitrogens with one attached hydrogen (secondary N) is 1. The number of benzene rings is 2. The SMILES string of the molecule is C=C(Cl)/C=C\C(C)=C/C.CCn1c(C=O)cc2ccccc21.CNCc1ccc2c(N)ncnc2c1. The van der Waals surface area contributed by atoms with Crippen molar-refractivity contribution in [2.75, 3.05) is 12.8 Å². The molecule has 36 heavy (non-hydrogen) atoms. The number of hydrogen-bond acceptors (Lipinski definition) is 5. The molecule has 0 fully saturated rings. The number of halogens is 1. The maximum absolute atomic E-state index is 10.7. The Morgan fingerprint density at radius 1 is 1.17 bits per heavy atom. The molecule has 0 aliphatic rings. The van der Waals surface area contributed by atoms with Crippen LogP contribution >= 0.6 is 11.6 Å². The normalized spacial score (nSPS) is 11.1. The minimum atomic E-state index is 0.533. The summed E-state index contributed by atoms with van der Waals surface area (Å²) >= 11 is 5.47. The summed E-state index contributed by atoms with van der Waals surface area (Å²) in [6.07, 6.45) is 8.10. The molecule has 0 amide bonds. The van der Waals surface area contributed by atoms with Crippen LogP contribution in [0.15, 0.2) is 90.3 Å². The Balaban J connectivity index is 0.000000196. The number of carbonyl (C=O) groups is 1. The summed E-state index contributed by atoms with van der Waals surface area (Å²) in [6.45, 7) is 11.2. The third-order valence-corrected chi connectivity index (χ3v) is 5.50. The highest BCUT2D eigenvalue weighted by Gasteiger charge is 2.04. The average Bonchev–Trinajstić information content (AvgIpc) is 3.26. The van der Waals surface area contributed by atoms with Crippen molar-refractivity contribution in [2.45, 2.75) is 33.9 Å². The number of fused-ring (bicyclic) bond motifs is 2. The largest absolute Gasteiger partial charge is 0.383 e. The van der Waals surface area contributed by atoms with E-state index < -0.39 is 0 Å². The van der Waals surface area contributed by atoms with Crippen molar-refractivity contribution in [3.63, 3.8) is 0 Å². The fourth-order valence-corrected chi connectivity index (χ4v) is 3.50. The lowest BCUT2D eigenvalue weighted by molar-refractivity contribution is 0.111. The first-order valence-electron chi connectivity index (χ1n) is 11.7. The second-order valence-electron chi connectivity index (χ2n) is 7.94. The number of allylic oxidation sites excluding steroid dienone is 5. The van der Waals surface area contributed by atoms with Gasteiger partial charge in [-0.25, -0.2) is 9.97 Å². The Labute approximate surface area is 218 Å². The van der Waals surface area contributed by atoms with E-state index in [9.17, 15) is 4.79 Å². The molecule has 2 heterocycles. The van der Waals surface area contributed by atoms with E-state index >= 15 is 0 Å². The molecule has 2 aromatic carbocycles. The van der Waals surface area contributed by atoms with E-state index in [1.165, 1.54) is 17.5 Å². The highest BCUT2D eigenvalue weighted by Crippen LogP contribution is 2.18. The molecule has 0 saturated heterocycles. The van der Waals surface area contributed by atoms with Crippen molar-refractivity contribution in [3.8, 4) is 0 Å². The van der Waals surface area contributed by atoms with Crippen molar-refractivity contribution in [3.05, 3.63) is 102 Å². The molecule has 2 aromatic heterocycles. The molecule has 6 nitrogen and oxygen atoms in total. The van der Waals surface area contributed by atoms with Gasteiger partial charge in [-0.05, 0) is 63.7 Å². The first-order chi connectivity index (χ1) is 17.3. The van der Waals surface area contributed by atoms with Crippen LogP contribution in [-0.4, -0.2) is 27.9 Å². The fourth-order valence-electron chi connectivity index (χ4n) is 3.44. The second kappa shape index (κ2) is 14.6. The van der Waals surface area contributed by atoms with Gasteiger partial charge in [-0.3, -0.25) is 4.79 Å². The molecule has 7 heteroatoms. The van der Waals surface area contributed by atoms with Crippen LogP contribution in [0.5, 0.6) is 0 Å². The molecule has 0 unspecified atom stereocenters. The lowest BCUT2D eigenvalue weighted by atomic mass is 10.1. The Kier molecular flexibility index (Phi) is 11.6. The first-order valence-corrected chi connectivity index (χ1v) is 12.0. The smallest absolute Gasteiger partial charge is 0.166 e. The predicted octanol–water partition coefficient (Wildman–Crippen LogP) is 6.67. The van der Waals surface area contributed by atoms with Gasteiger partial charge in [0.25, 0.3) is 0 Å². The van der Waals surface area contributed by atoms with Crippen molar-refractivity contribution >= 4 is 45.5 Å². The standard InChI is InChI=1S/C11H11NO.C10H12N4.C8H11Cl/c1-2-12-10(8-13)7-9-5-3-4-6-11(9)12;1-12-5-7-2-3-8-9(4-7)13-6-14-10(8)11;1-4-7(2)5-6-8(3)9/h3-8H,2H2,1H3;2-4,6,12H,5H2,1H3,(H2,11,13,14);4-6H,3H2,1-2H3/b;;6-5-,7-4-. The summed E-state index contributed by atoms with van der Waals surface area (Å²) in [7, 11) is 1.92. The van der Waals surface area contributed by atoms with E-state index in [0.717, 1.165) is 46.9 Å². The van der Waals surface area contributed by atoms with Crippen LogP contribution in [-0.2, 0) is 13.1 Å². The lowest BCUT2D eigenvalue weighted by Crippen LogP contribution is -2.05. The number of aldehydes is 1. The van der Waals surface area contributed by atoms with E-state index in [1.807, 2.05) is 93.1 Å². The van der Waals surface area contributed by atoms with Crippen LogP contribution in [0.4, 0.5) is 5.82 Å². The van der Waals surface area contributed by atoms with Gasteiger partial charge in [-0.15, -0.1) is 0 Å². The van der Waals surface area contributed by atoms with Gasteiger partial charge < -0.3 is 15.6 Å². The van der Waals surface area contributed by atoms with E-state index in [0.29, 0.717) is 10.9 Å². The number of para-hydroxylation sites is 1. The van der Waals surface area contributed by atoms with Gasteiger partial charge in [0.2, 0.25) is 0 Å². The number of nitrogen functional groups attached to an aromatic ring is 1. The van der Waals surface area contributed by atoms with Gasteiger partial charge in [0, 0.05) is 34.4 Å². The molecule has 0 radical (unpaired) electrons. The van der Waals surface area contributed by atoms with E-state index in [-0.39, 0.29) is 0 Å². The molecule has 0 atom stereocenters. The monoisotopic (exact) mass is 503 g/mol. The van der Waals surface area contributed by atoms with Gasteiger partial charge in [0.1, 0.15) is 12.1 Å². The minimum absolute atomic E-state index is 0.533. The van der Waals surface area contributed by atoms with Crippen LogP contribution in [0.2, 0.25) is 0 Å². The zero-order chi connectivity index (χ0) is 26.5. The van der Waals surface area contributed by atoms with E-state index in [2.05, 4.69) is 21.9 Å². The molecule has 0 aliphatic heterocycles. The van der Waals surface area contributed by atoms with Crippen LogP contribution in [0.3, 0.4) is 0 Å². The number of hydrogen-bond donors (Lipinski definition) is 2. The summed E-state index contributed by atoms with van der Waals surface area (Å²) in [5, 5.41) is 5.70. The Morgan fingerprint density at radius 2 is 1.92 bits per heavy atom. The van der Waals surface area contributed by atoms with E-state index in [1.54, 1.807) is 6.08 Å². The fraction of sp³-hybridized carbons (Fsp3) is 0.207. The minimum Gasteiger partial charge on any atom is -0.383 e. The molecular formula is C29H34ClN5O. The van der Waals surface area contributed by atoms with Crippen molar-refractivity contribution in [1.82, 2.24) is 19.9 Å². The molecule has 0 aliphatic carbocycles. The molecule has 4 aromatic rings. The molecule has 4 rings (SSSR count). The van der Waals surface area contributed by atoms with Crippen LogP contribution < -0.4 is 11.1 Å². The summed E-state index contributed by atoms with van der Waals surface area (Å²) < 4.78 is 2.02. The van der Waals surface area contributed by atoms with Crippen molar-refractivity contribution in [1.29, 1.82) is 0 Å². The quantitative estimate of drug-likeness (QED) is 0.227. The third kappa shape index (κ3) is 8.18. The number of nitrogens with two attached hydrogens (primary N) is 1. The van der Waals surface area contributed by atoms with Crippen LogP contribution in [0.25, 0.3) is 21.8 Å². The molecule has 0 spiro atoms. The number of rotatable bonds is 6. The lowest BCUT2D eigenvalue weighted by Gasteiger charge is -2.03. The van der Waals surface area contributed by atoms with Crippen LogP contribution in [0.1, 0.15) is 36.8 Å². The number of aromatic nitrogens is 3.